The Bertz CT molecular complexity index is 260. The highest BCUT2D eigenvalue weighted by molar-refractivity contribution is 6.33. The normalized spacial score (nSPS) is 12.0. The molecule has 68 valence electrons. The Morgan fingerprint density at radius 3 is 2.33 bits per heavy atom. The molecule has 0 heterocycles. The molecule has 1 nitrogen and oxygen atoms in total. The first-order valence-electron chi connectivity index (χ1n) is 3.32. The van der Waals surface area contributed by atoms with Gasteiger partial charge < -0.3 is 5.73 Å². The zero-order chi connectivity index (χ0) is 8.43. The molecular formula is C8H10Cl3N. The van der Waals surface area contributed by atoms with Crippen molar-refractivity contribution in [2.45, 2.75) is 13.0 Å². The molecule has 0 bridgehead atoms. The Morgan fingerprint density at radius 1 is 1.33 bits per heavy atom. The minimum absolute atomic E-state index is 0. The fourth-order valence-electron chi connectivity index (χ4n) is 0.864. The first-order chi connectivity index (χ1) is 5.11. The second-order valence-corrected chi connectivity index (χ2v) is 3.30. The van der Waals surface area contributed by atoms with Crippen LogP contribution in [0.1, 0.15) is 18.5 Å². The summed E-state index contributed by atoms with van der Waals surface area (Å²) in [6.45, 7) is 1.87. The van der Waals surface area contributed by atoms with Gasteiger partial charge in [0.2, 0.25) is 0 Å². The Hall–Kier alpha value is 0.0500. The predicted molar refractivity (Wildman–Crippen MR) is 56.3 cm³/mol. The molecule has 0 aliphatic rings. The summed E-state index contributed by atoms with van der Waals surface area (Å²) >= 11 is 11.6. The van der Waals surface area contributed by atoms with E-state index >= 15 is 0 Å². The molecule has 0 aromatic heterocycles. The van der Waals surface area contributed by atoms with E-state index in [0.717, 1.165) is 5.56 Å². The Morgan fingerprint density at radius 2 is 1.92 bits per heavy atom. The van der Waals surface area contributed by atoms with Crippen LogP contribution in [-0.4, -0.2) is 0 Å². The van der Waals surface area contributed by atoms with Gasteiger partial charge in [0.05, 0.1) is 0 Å². The summed E-state index contributed by atoms with van der Waals surface area (Å²) in [5, 5.41) is 1.34. The van der Waals surface area contributed by atoms with E-state index in [0.29, 0.717) is 10.0 Å². The lowest BCUT2D eigenvalue weighted by Crippen LogP contribution is -2.05. The van der Waals surface area contributed by atoms with Crippen molar-refractivity contribution in [2.24, 2.45) is 5.73 Å². The molecule has 1 aromatic carbocycles. The third-order valence-electron chi connectivity index (χ3n) is 1.45. The van der Waals surface area contributed by atoms with Crippen molar-refractivity contribution in [3.05, 3.63) is 33.8 Å². The SMILES string of the molecule is C[C@H](N)c1cc(Cl)ccc1Cl.Cl. The average Bonchev–Trinajstić information content (AvgIpc) is 1.94. The van der Waals surface area contributed by atoms with E-state index in [9.17, 15) is 0 Å². The smallest absolute Gasteiger partial charge is 0.0454 e. The van der Waals surface area contributed by atoms with Crippen LogP contribution < -0.4 is 5.73 Å². The molecule has 1 rings (SSSR count). The number of halogens is 3. The fourth-order valence-corrected chi connectivity index (χ4v) is 1.33. The van der Waals surface area contributed by atoms with Crippen molar-refractivity contribution in [2.75, 3.05) is 0 Å². The van der Waals surface area contributed by atoms with E-state index in [1.807, 2.05) is 6.92 Å². The van der Waals surface area contributed by atoms with E-state index in [1.54, 1.807) is 18.2 Å². The van der Waals surface area contributed by atoms with E-state index in [2.05, 4.69) is 0 Å². The summed E-state index contributed by atoms with van der Waals surface area (Å²) in [6.07, 6.45) is 0. The molecule has 0 amide bonds. The van der Waals surface area contributed by atoms with Crippen LogP contribution in [0.25, 0.3) is 0 Å². The van der Waals surface area contributed by atoms with Crippen LogP contribution in [0, 0.1) is 0 Å². The van der Waals surface area contributed by atoms with Crippen LogP contribution in [0.4, 0.5) is 0 Å². The van der Waals surface area contributed by atoms with Crippen molar-refractivity contribution in [3.63, 3.8) is 0 Å². The molecule has 4 heteroatoms. The molecular weight excluding hydrogens is 216 g/mol. The molecule has 1 atom stereocenters. The third-order valence-corrected chi connectivity index (χ3v) is 2.03. The minimum Gasteiger partial charge on any atom is -0.324 e. The van der Waals surface area contributed by atoms with Crippen molar-refractivity contribution in [3.8, 4) is 0 Å². The molecule has 0 aliphatic carbocycles. The van der Waals surface area contributed by atoms with Gasteiger partial charge >= 0.3 is 0 Å². The molecule has 0 aliphatic heterocycles. The highest BCUT2D eigenvalue weighted by atomic mass is 35.5. The summed E-state index contributed by atoms with van der Waals surface area (Å²) in [5.41, 5.74) is 6.53. The van der Waals surface area contributed by atoms with Crippen LogP contribution in [0.3, 0.4) is 0 Å². The molecule has 2 N–H and O–H groups in total. The van der Waals surface area contributed by atoms with Crippen molar-refractivity contribution >= 4 is 35.6 Å². The lowest BCUT2D eigenvalue weighted by atomic mass is 10.1. The lowest BCUT2D eigenvalue weighted by molar-refractivity contribution is 0.818. The fraction of sp³-hybridized carbons (Fsp3) is 0.250. The molecule has 0 fully saturated rings. The first-order valence-corrected chi connectivity index (χ1v) is 4.07. The van der Waals surface area contributed by atoms with Crippen LogP contribution in [0.5, 0.6) is 0 Å². The first kappa shape index (κ1) is 12.0. The molecule has 0 spiro atoms. The van der Waals surface area contributed by atoms with Gasteiger partial charge in [-0.3, -0.25) is 0 Å². The Kier molecular flexibility index (Phi) is 4.95. The van der Waals surface area contributed by atoms with Gasteiger partial charge in [0.15, 0.2) is 0 Å². The number of nitrogens with two attached hydrogens (primary N) is 1. The van der Waals surface area contributed by atoms with Crippen molar-refractivity contribution < 1.29 is 0 Å². The maximum Gasteiger partial charge on any atom is 0.0454 e. The highest BCUT2D eigenvalue weighted by Gasteiger charge is 2.04. The van der Waals surface area contributed by atoms with Crippen LogP contribution in [0.15, 0.2) is 18.2 Å². The van der Waals surface area contributed by atoms with Gasteiger partial charge in [-0.1, -0.05) is 23.2 Å². The summed E-state index contributed by atoms with van der Waals surface area (Å²) in [4.78, 5) is 0. The van der Waals surface area contributed by atoms with Gasteiger partial charge in [-0.05, 0) is 30.7 Å². The van der Waals surface area contributed by atoms with Crippen molar-refractivity contribution in [1.82, 2.24) is 0 Å². The topological polar surface area (TPSA) is 26.0 Å². The molecule has 12 heavy (non-hydrogen) atoms. The summed E-state index contributed by atoms with van der Waals surface area (Å²) in [6, 6.07) is 5.22. The monoisotopic (exact) mass is 225 g/mol. The summed E-state index contributed by atoms with van der Waals surface area (Å²) in [7, 11) is 0. The zero-order valence-corrected chi connectivity index (χ0v) is 8.88. The van der Waals surface area contributed by atoms with Gasteiger partial charge in [-0.15, -0.1) is 12.4 Å². The van der Waals surface area contributed by atoms with Gasteiger partial charge in [0, 0.05) is 16.1 Å². The maximum atomic E-state index is 5.85. The highest BCUT2D eigenvalue weighted by Crippen LogP contribution is 2.24. The van der Waals surface area contributed by atoms with Gasteiger partial charge in [0.25, 0.3) is 0 Å². The van der Waals surface area contributed by atoms with Gasteiger partial charge in [0.1, 0.15) is 0 Å². The maximum absolute atomic E-state index is 5.85. The van der Waals surface area contributed by atoms with E-state index in [4.69, 9.17) is 28.9 Å². The van der Waals surface area contributed by atoms with Gasteiger partial charge in [-0.25, -0.2) is 0 Å². The number of benzene rings is 1. The molecule has 0 saturated carbocycles. The van der Waals surface area contributed by atoms with Crippen molar-refractivity contribution in [1.29, 1.82) is 0 Å². The lowest BCUT2D eigenvalue weighted by Gasteiger charge is -2.07. The zero-order valence-electron chi connectivity index (χ0n) is 6.55. The van der Waals surface area contributed by atoms with Crippen LogP contribution in [-0.2, 0) is 0 Å². The Balaban J connectivity index is 0.00000121. The van der Waals surface area contributed by atoms with E-state index in [-0.39, 0.29) is 18.4 Å². The second kappa shape index (κ2) is 4.93. The quantitative estimate of drug-likeness (QED) is 0.780. The van der Waals surface area contributed by atoms with E-state index in [1.165, 1.54) is 0 Å². The van der Waals surface area contributed by atoms with Crippen LogP contribution >= 0.6 is 35.6 Å². The third kappa shape index (κ3) is 2.83. The molecule has 0 radical (unpaired) electrons. The van der Waals surface area contributed by atoms with E-state index < -0.39 is 0 Å². The number of hydrogen-bond acceptors (Lipinski definition) is 1. The largest absolute Gasteiger partial charge is 0.324 e. The number of hydrogen-bond donors (Lipinski definition) is 1. The predicted octanol–water partition coefficient (Wildman–Crippen LogP) is 3.43. The Labute approximate surface area is 88.3 Å². The standard InChI is InChI=1S/C8H9Cl2N.ClH/c1-5(11)7-4-6(9)2-3-8(7)10;/h2-5H,11H2,1H3;1H/t5-;/m0./s1. The molecule has 0 unspecified atom stereocenters. The molecule has 0 saturated heterocycles. The summed E-state index contributed by atoms with van der Waals surface area (Å²) < 4.78 is 0. The van der Waals surface area contributed by atoms with Gasteiger partial charge in [-0.2, -0.15) is 0 Å². The average molecular weight is 227 g/mol. The number of rotatable bonds is 1. The molecule has 1 aromatic rings. The minimum atomic E-state index is -0.0683. The second-order valence-electron chi connectivity index (χ2n) is 2.45. The summed E-state index contributed by atoms with van der Waals surface area (Å²) in [5.74, 6) is 0. The van der Waals surface area contributed by atoms with Crippen LogP contribution in [0.2, 0.25) is 10.0 Å².